The largest absolute Gasteiger partial charge is 0.491 e. The van der Waals surface area contributed by atoms with Crippen molar-refractivity contribution in [3.05, 3.63) is 62.9 Å². The van der Waals surface area contributed by atoms with E-state index in [4.69, 9.17) is 38.0 Å². The lowest BCUT2D eigenvalue weighted by Gasteiger charge is -2.25. The molecule has 8 heteroatoms. The number of halogens is 1. The summed E-state index contributed by atoms with van der Waals surface area (Å²) in [6.07, 6.45) is 1.80. The molecule has 140 valence electrons. The van der Waals surface area contributed by atoms with Crippen molar-refractivity contribution in [2.45, 2.75) is 12.0 Å². The number of hydrogen-bond acceptors (Lipinski definition) is 6. The van der Waals surface area contributed by atoms with Gasteiger partial charge in [-0.25, -0.2) is 4.98 Å². The Kier molecular flexibility index (Phi) is 3.45. The highest BCUT2D eigenvalue weighted by Gasteiger charge is 2.55. The summed E-state index contributed by atoms with van der Waals surface area (Å²) in [4.78, 5) is 8.66. The third-order valence-corrected chi connectivity index (χ3v) is 7.22. The molecule has 5 heterocycles. The number of thiophene rings is 1. The van der Waals surface area contributed by atoms with Gasteiger partial charge in [-0.05, 0) is 24.3 Å². The topological polar surface area (TPSA) is 43.8 Å². The van der Waals surface area contributed by atoms with Crippen LogP contribution in [0.2, 0.25) is 4.34 Å². The minimum atomic E-state index is -0.559. The average molecular weight is 429 g/mol. The van der Waals surface area contributed by atoms with Gasteiger partial charge >= 0.3 is 0 Å². The quantitative estimate of drug-likeness (QED) is 0.558. The number of rotatable bonds is 2. The molecule has 6 rings (SSSR count). The van der Waals surface area contributed by atoms with Crippen LogP contribution in [-0.2, 0) is 12.0 Å². The zero-order valence-electron chi connectivity index (χ0n) is 14.5. The number of nitrogens with zero attached hydrogens (tertiary/aromatic N) is 2. The van der Waals surface area contributed by atoms with Crippen molar-refractivity contribution >= 4 is 46.0 Å². The summed E-state index contributed by atoms with van der Waals surface area (Å²) >= 11 is 13.7. The molecule has 0 amide bonds. The van der Waals surface area contributed by atoms with Gasteiger partial charge in [-0.15, -0.1) is 11.3 Å². The van der Waals surface area contributed by atoms with Gasteiger partial charge in [-0.1, -0.05) is 29.9 Å². The predicted octanol–water partition coefficient (Wildman–Crippen LogP) is 4.55. The second-order valence-electron chi connectivity index (χ2n) is 6.87. The highest BCUT2D eigenvalue weighted by Crippen LogP contribution is 2.55. The lowest BCUT2D eigenvalue weighted by Crippen LogP contribution is -2.40. The number of benzene rings is 1. The number of anilines is 1. The van der Waals surface area contributed by atoms with Gasteiger partial charge in [0.15, 0.2) is 11.5 Å². The molecule has 3 aliphatic rings. The molecule has 0 saturated carbocycles. The molecular weight excluding hydrogens is 416 g/mol. The number of fused-ring (bicyclic) bond motifs is 5. The van der Waals surface area contributed by atoms with Crippen molar-refractivity contribution in [2.24, 2.45) is 0 Å². The van der Waals surface area contributed by atoms with Crippen molar-refractivity contribution in [1.82, 2.24) is 4.98 Å². The van der Waals surface area contributed by atoms with Crippen LogP contribution in [0.4, 0.5) is 5.82 Å². The summed E-state index contributed by atoms with van der Waals surface area (Å²) in [5.41, 5.74) is 1.50. The molecule has 1 unspecified atom stereocenters. The Balaban J connectivity index is 1.51. The van der Waals surface area contributed by atoms with E-state index in [0.29, 0.717) is 18.9 Å². The Morgan fingerprint density at radius 1 is 1.11 bits per heavy atom. The molecule has 0 aliphatic carbocycles. The fraction of sp³-hybridized carbons (Fsp3) is 0.200. The fourth-order valence-electron chi connectivity index (χ4n) is 4.17. The minimum Gasteiger partial charge on any atom is -0.491 e. The van der Waals surface area contributed by atoms with Crippen LogP contribution < -0.4 is 19.1 Å². The summed E-state index contributed by atoms with van der Waals surface area (Å²) in [5.74, 6) is 3.07. The van der Waals surface area contributed by atoms with Gasteiger partial charge in [-0.3, -0.25) is 0 Å². The van der Waals surface area contributed by atoms with E-state index in [2.05, 4.69) is 16.0 Å². The summed E-state index contributed by atoms with van der Waals surface area (Å²) in [6, 6.07) is 11.9. The first-order valence-corrected chi connectivity index (χ1v) is 10.4. The first kappa shape index (κ1) is 16.6. The van der Waals surface area contributed by atoms with Crippen LogP contribution in [0.15, 0.2) is 42.6 Å². The van der Waals surface area contributed by atoms with E-state index in [1.54, 1.807) is 17.5 Å². The number of hydrogen-bond donors (Lipinski definition) is 0. The highest BCUT2D eigenvalue weighted by molar-refractivity contribution is 7.80. The minimum absolute atomic E-state index is 0.221. The van der Waals surface area contributed by atoms with E-state index in [1.807, 2.05) is 30.3 Å². The normalized spacial score (nSPS) is 21.2. The smallest absolute Gasteiger partial charge is 0.231 e. The number of pyridine rings is 1. The van der Waals surface area contributed by atoms with Crippen LogP contribution in [0, 0.1) is 0 Å². The van der Waals surface area contributed by atoms with Crippen molar-refractivity contribution in [1.29, 1.82) is 0 Å². The van der Waals surface area contributed by atoms with Crippen LogP contribution in [-0.4, -0.2) is 23.4 Å². The molecule has 0 N–H and O–H groups in total. The van der Waals surface area contributed by atoms with E-state index in [9.17, 15) is 0 Å². The standard InChI is InChI=1S/C20H13ClN2O3S2/c21-17-4-3-11(28-17)8-23-18-12(2-1-5-22-18)20(19(23)27)9-24-14-7-16-15(6-13(14)20)25-10-26-16/h1-7H,8-10H2. The van der Waals surface area contributed by atoms with Gasteiger partial charge in [0.1, 0.15) is 28.6 Å². The van der Waals surface area contributed by atoms with Gasteiger partial charge in [0.25, 0.3) is 0 Å². The highest BCUT2D eigenvalue weighted by atomic mass is 35.5. The molecule has 0 radical (unpaired) electrons. The van der Waals surface area contributed by atoms with Gasteiger partial charge in [-0.2, -0.15) is 0 Å². The molecule has 0 fully saturated rings. The van der Waals surface area contributed by atoms with E-state index >= 15 is 0 Å². The predicted molar refractivity (Wildman–Crippen MR) is 111 cm³/mol. The summed E-state index contributed by atoms with van der Waals surface area (Å²) in [5, 5.41) is 0. The van der Waals surface area contributed by atoms with Crippen molar-refractivity contribution in [3.63, 3.8) is 0 Å². The molecule has 1 spiro atoms. The Morgan fingerprint density at radius 2 is 1.96 bits per heavy atom. The monoisotopic (exact) mass is 428 g/mol. The number of aromatic nitrogens is 1. The maximum absolute atomic E-state index is 6.13. The Morgan fingerprint density at radius 3 is 2.79 bits per heavy atom. The molecule has 2 aromatic heterocycles. The Hall–Kier alpha value is -2.35. The van der Waals surface area contributed by atoms with Crippen molar-refractivity contribution in [3.8, 4) is 17.2 Å². The SMILES string of the molecule is S=C1N(Cc2ccc(Cl)s2)c2ncccc2C12COc1cc3c(cc12)OCO3. The average Bonchev–Trinajstić information content (AvgIpc) is 3.45. The Bertz CT molecular complexity index is 1150. The number of ether oxygens (including phenoxy) is 3. The molecule has 5 nitrogen and oxygen atoms in total. The second-order valence-corrected chi connectivity index (χ2v) is 9.05. The molecule has 28 heavy (non-hydrogen) atoms. The Labute approximate surface area is 175 Å². The lowest BCUT2D eigenvalue weighted by molar-refractivity contribution is 0.173. The van der Waals surface area contributed by atoms with Crippen molar-refractivity contribution in [2.75, 3.05) is 18.3 Å². The van der Waals surface area contributed by atoms with Crippen LogP contribution >= 0.6 is 35.2 Å². The maximum atomic E-state index is 6.13. The maximum Gasteiger partial charge on any atom is 0.231 e. The van der Waals surface area contributed by atoms with Gasteiger partial charge < -0.3 is 19.1 Å². The number of thiocarbonyl (C=S) groups is 1. The van der Waals surface area contributed by atoms with Crippen LogP contribution in [0.1, 0.15) is 16.0 Å². The van der Waals surface area contributed by atoms with Gasteiger partial charge in [0.05, 0.1) is 10.9 Å². The molecule has 1 atom stereocenters. The van der Waals surface area contributed by atoms with E-state index in [0.717, 1.165) is 42.6 Å². The summed E-state index contributed by atoms with van der Waals surface area (Å²) < 4.78 is 18.0. The fourth-order valence-corrected chi connectivity index (χ4v) is 5.67. The molecule has 0 bridgehead atoms. The van der Waals surface area contributed by atoms with Crippen LogP contribution in [0.5, 0.6) is 17.2 Å². The van der Waals surface area contributed by atoms with Crippen molar-refractivity contribution < 1.29 is 14.2 Å². The second kappa shape index (κ2) is 5.83. The molecule has 1 aromatic carbocycles. The molecular formula is C20H13ClN2O3S2. The molecule has 3 aliphatic heterocycles. The van der Waals surface area contributed by atoms with Gasteiger partial charge in [0.2, 0.25) is 6.79 Å². The van der Waals surface area contributed by atoms with E-state index < -0.39 is 5.41 Å². The van der Waals surface area contributed by atoms with E-state index in [-0.39, 0.29) is 6.79 Å². The van der Waals surface area contributed by atoms with Crippen LogP contribution in [0.25, 0.3) is 0 Å². The first-order valence-electron chi connectivity index (χ1n) is 8.75. The first-order chi connectivity index (χ1) is 13.7. The van der Waals surface area contributed by atoms with E-state index in [1.165, 1.54) is 0 Å². The zero-order chi connectivity index (χ0) is 18.9. The molecule has 0 saturated heterocycles. The van der Waals surface area contributed by atoms with Gasteiger partial charge in [0, 0.05) is 28.3 Å². The summed E-state index contributed by atoms with van der Waals surface area (Å²) in [6.45, 7) is 1.28. The third kappa shape index (κ3) is 2.12. The summed E-state index contributed by atoms with van der Waals surface area (Å²) in [7, 11) is 0. The zero-order valence-corrected chi connectivity index (χ0v) is 16.9. The third-order valence-electron chi connectivity index (χ3n) is 5.43. The van der Waals surface area contributed by atoms with Crippen LogP contribution in [0.3, 0.4) is 0 Å². The molecule has 3 aromatic rings. The lowest BCUT2D eigenvalue weighted by atomic mass is 9.78.